The van der Waals surface area contributed by atoms with Crippen LogP contribution < -0.4 is 5.32 Å². The Morgan fingerprint density at radius 3 is 1.94 bits per heavy atom. The molecule has 0 spiro atoms. The van der Waals surface area contributed by atoms with Crippen molar-refractivity contribution < 1.29 is 4.79 Å². The number of carbonyl (C=O) groups is 1. The summed E-state index contributed by atoms with van der Waals surface area (Å²) in [7, 11) is 0. The first-order valence-electron chi connectivity index (χ1n) is 10.8. The van der Waals surface area contributed by atoms with Crippen LogP contribution in [0.15, 0.2) is 103 Å². The van der Waals surface area contributed by atoms with Gasteiger partial charge < -0.3 is 9.88 Å². The smallest absolute Gasteiger partial charge is 0.256 e. The number of rotatable bonds is 2. The Morgan fingerprint density at radius 2 is 1.22 bits per heavy atom. The van der Waals surface area contributed by atoms with E-state index in [0.717, 1.165) is 38.8 Å². The highest BCUT2D eigenvalue weighted by molar-refractivity contribution is 6.25. The number of hydrogen-bond donors (Lipinski definition) is 1. The zero-order valence-corrected chi connectivity index (χ0v) is 17.2. The molecule has 1 aromatic heterocycles. The second kappa shape index (κ2) is 6.32. The van der Waals surface area contributed by atoms with Crippen molar-refractivity contribution in [2.75, 3.05) is 5.32 Å². The third kappa shape index (κ3) is 2.28. The van der Waals surface area contributed by atoms with Crippen molar-refractivity contribution in [2.45, 2.75) is 0 Å². The van der Waals surface area contributed by atoms with Crippen molar-refractivity contribution in [3.05, 3.63) is 109 Å². The van der Waals surface area contributed by atoms with Crippen molar-refractivity contribution in [3.63, 3.8) is 0 Å². The Bertz CT molecular complexity index is 1650. The summed E-state index contributed by atoms with van der Waals surface area (Å²) in [6, 6.07) is 35.9. The minimum atomic E-state index is -0.0236. The van der Waals surface area contributed by atoms with Gasteiger partial charge in [-0.15, -0.1) is 0 Å². The van der Waals surface area contributed by atoms with E-state index >= 15 is 0 Å². The van der Waals surface area contributed by atoms with Gasteiger partial charge in [0.1, 0.15) is 0 Å². The number of benzene rings is 5. The highest BCUT2D eigenvalue weighted by atomic mass is 16.1. The second-order valence-electron chi connectivity index (χ2n) is 8.26. The molecule has 0 saturated carbocycles. The second-order valence-corrected chi connectivity index (χ2v) is 8.26. The SMILES string of the molecule is O=C1Nc2ccc(-c3ccc(-n4c5ccccc5c5ccccc54)cc3)c3cccc1c23. The number of nitrogens with one attached hydrogen (secondary N) is 1. The van der Waals surface area contributed by atoms with Gasteiger partial charge in [0.05, 0.1) is 11.0 Å². The summed E-state index contributed by atoms with van der Waals surface area (Å²) >= 11 is 0. The molecule has 3 nitrogen and oxygen atoms in total. The topological polar surface area (TPSA) is 34.0 Å². The minimum absolute atomic E-state index is 0.0236. The summed E-state index contributed by atoms with van der Waals surface area (Å²) in [6.45, 7) is 0. The number of carbonyl (C=O) groups excluding carboxylic acids is 1. The zero-order chi connectivity index (χ0) is 21.2. The van der Waals surface area contributed by atoms with Crippen LogP contribution in [-0.4, -0.2) is 10.5 Å². The Labute approximate surface area is 184 Å². The van der Waals surface area contributed by atoms with E-state index in [2.05, 4.69) is 94.8 Å². The monoisotopic (exact) mass is 410 g/mol. The normalized spacial score (nSPS) is 12.7. The van der Waals surface area contributed by atoms with Crippen LogP contribution in [0.5, 0.6) is 0 Å². The van der Waals surface area contributed by atoms with E-state index in [4.69, 9.17) is 0 Å². The van der Waals surface area contributed by atoms with Crippen LogP contribution in [0.1, 0.15) is 10.4 Å². The van der Waals surface area contributed by atoms with Crippen LogP contribution in [0.3, 0.4) is 0 Å². The van der Waals surface area contributed by atoms with Gasteiger partial charge in [-0.25, -0.2) is 0 Å². The fourth-order valence-electron chi connectivity index (χ4n) is 5.13. The van der Waals surface area contributed by atoms with Gasteiger partial charge in [0.15, 0.2) is 0 Å². The Morgan fingerprint density at radius 1 is 0.562 bits per heavy atom. The molecule has 3 heteroatoms. The zero-order valence-electron chi connectivity index (χ0n) is 17.2. The van der Waals surface area contributed by atoms with E-state index in [1.54, 1.807) is 0 Å². The molecule has 1 aliphatic rings. The molecule has 2 heterocycles. The maximum Gasteiger partial charge on any atom is 0.256 e. The summed E-state index contributed by atoms with van der Waals surface area (Å²) in [6.07, 6.45) is 0. The van der Waals surface area contributed by atoms with Crippen LogP contribution in [0.4, 0.5) is 5.69 Å². The maximum atomic E-state index is 12.3. The van der Waals surface area contributed by atoms with Gasteiger partial charge >= 0.3 is 0 Å². The fourth-order valence-corrected chi connectivity index (χ4v) is 5.13. The van der Waals surface area contributed by atoms with E-state index in [-0.39, 0.29) is 5.91 Å². The van der Waals surface area contributed by atoms with E-state index in [1.165, 1.54) is 21.8 Å². The van der Waals surface area contributed by atoms with Crippen molar-refractivity contribution in [2.24, 2.45) is 0 Å². The fraction of sp³-hybridized carbons (Fsp3) is 0. The van der Waals surface area contributed by atoms with Crippen molar-refractivity contribution >= 4 is 44.2 Å². The number of nitrogens with zero attached hydrogens (tertiary/aromatic N) is 1. The molecular formula is C29H18N2O. The van der Waals surface area contributed by atoms with Gasteiger partial charge in [-0.1, -0.05) is 66.7 Å². The average Bonchev–Trinajstić information content (AvgIpc) is 3.36. The molecule has 6 aromatic rings. The first kappa shape index (κ1) is 17.3. The van der Waals surface area contributed by atoms with Gasteiger partial charge in [0.25, 0.3) is 5.91 Å². The average molecular weight is 410 g/mol. The predicted octanol–water partition coefficient (Wildman–Crippen LogP) is 7.17. The third-order valence-electron chi connectivity index (χ3n) is 6.55. The third-order valence-corrected chi connectivity index (χ3v) is 6.55. The predicted molar refractivity (Wildman–Crippen MR) is 132 cm³/mol. The number of fused-ring (bicyclic) bond motifs is 3. The van der Waals surface area contributed by atoms with Crippen LogP contribution >= 0.6 is 0 Å². The molecule has 0 fully saturated rings. The quantitative estimate of drug-likeness (QED) is 0.323. The van der Waals surface area contributed by atoms with Gasteiger partial charge in [-0.2, -0.15) is 0 Å². The molecule has 1 amide bonds. The van der Waals surface area contributed by atoms with Gasteiger partial charge in [0.2, 0.25) is 0 Å². The number of hydrogen-bond acceptors (Lipinski definition) is 1. The maximum absolute atomic E-state index is 12.3. The number of anilines is 1. The summed E-state index contributed by atoms with van der Waals surface area (Å²) in [5.74, 6) is -0.0236. The lowest BCUT2D eigenvalue weighted by molar-refractivity contribution is 0.103. The molecule has 0 atom stereocenters. The Balaban J connectivity index is 1.42. The largest absolute Gasteiger partial charge is 0.321 e. The molecule has 32 heavy (non-hydrogen) atoms. The van der Waals surface area contributed by atoms with E-state index in [9.17, 15) is 4.79 Å². The molecule has 7 rings (SSSR count). The molecule has 0 bridgehead atoms. The van der Waals surface area contributed by atoms with Crippen molar-refractivity contribution in [3.8, 4) is 16.8 Å². The van der Waals surface area contributed by atoms with E-state index in [0.29, 0.717) is 0 Å². The molecule has 1 N–H and O–H groups in total. The van der Waals surface area contributed by atoms with E-state index < -0.39 is 0 Å². The summed E-state index contributed by atoms with van der Waals surface area (Å²) < 4.78 is 2.32. The molecule has 0 radical (unpaired) electrons. The van der Waals surface area contributed by atoms with Gasteiger partial charge in [0, 0.05) is 33.1 Å². The lowest BCUT2D eigenvalue weighted by Crippen LogP contribution is -2.03. The number of amides is 1. The number of para-hydroxylation sites is 2. The van der Waals surface area contributed by atoms with Crippen LogP contribution in [-0.2, 0) is 0 Å². The highest BCUT2D eigenvalue weighted by Gasteiger charge is 2.22. The molecule has 0 unspecified atom stereocenters. The van der Waals surface area contributed by atoms with Crippen LogP contribution in [0.2, 0.25) is 0 Å². The first-order valence-corrected chi connectivity index (χ1v) is 10.8. The first-order chi connectivity index (χ1) is 15.8. The minimum Gasteiger partial charge on any atom is -0.321 e. The van der Waals surface area contributed by atoms with Crippen LogP contribution in [0.25, 0.3) is 49.4 Å². The molecule has 0 aliphatic carbocycles. The Kier molecular flexibility index (Phi) is 3.42. The molecule has 0 saturated heterocycles. The standard InChI is InChI=1S/C29H18N2O/c32-29-24-9-5-8-23-20(16-17-25(30-29)28(23)24)18-12-14-19(15-13-18)31-26-10-3-1-6-21(26)22-7-2-4-11-27(22)31/h1-17H,(H,30,32). The van der Waals surface area contributed by atoms with Crippen molar-refractivity contribution in [1.82, 2.24) is 4.57 Å². The lowest BCUT2D eigenvalue weighted by Gasteiger charge is -2.11. The van der Waals surface area contributed by atoms with Crippen molar-refractivity contribution in [1.29, 1.82) is 0 Å². The molecule has 5 aromatic carbocycles. The number of aromatic nitrogens is 1. The highest BCUT2D eigenvalue weighted by Crippen LogP contribution is 2.39. The van der Waals surface area contributed by atoms with Crippen LogP contribution in [0, 0.1) is 0 Å². The lowest BCUT2D eigenvalue weighted by atomic mass is 9.95. The van der Waals surface area contributed by atoms with E-state index in [1.807, 2.05) is 18.2 Å². The summed E-state index contributed by atoms with van der Waals surface area (Å²) in [5.41, 5.74) is 7.46. The Hall–Kier alpha value is -4.37. The van der Waals surface area contributed by atoms with Gasteiger partial charge in [-0.05, 0) is 52.9 Å². The summed E-state index contributed by atoms with van der Waals surface area (Å²) in [4.78, 5) is 12.3. The molecule has 1 aliphatic heterocycles. The summed E-state index contributed by atoms with van der Waals surface area (Å²) in [5, 5.41) is 7.61. The molecule has 150 valence electrons. The molecular weight excluding hydrogens is 392 g/mol. The van der Waals surface area contributed by atoms with Gasteiger partial charge in [-0.3, -0.25) is 4.79 Å².